The lowest BCUT2D eigenvalue weighted by Gasteiger charge is -2.15. The zero-order chi connectivity index (χ0) is 13.3. The standard InChI is InChI=1S/C10H12BrN3O4/c1-18-9(15)8-7(11)6-5-13(10(16)17)3-2-4-14(6)12-8/h2-5H2,1H3,(H,16,17). The summed E-state index contributed by atoms with van der Waals surface area (Å²) in [5.41, 5.74) is 0.857. The molecule has 18 heavy (non-hydrogen) atoms. The topological polar surface area (TPSA) is 84.7 Å². The van der Waals surface area contributed by atoms with E-state index < -0.39 is 12.1 Å². The Kier molecular flexibility index (Phi) is 3.55. The Morgan fingerprint density at radius 2 is 2.17 bits per heavy atom. The fourth-order valence-electron chi connectivity index (χ4n) is 1.87. The largest absolute Gasteiger partial charge is 0.465 e. The number of amides is 1. The van der Waals surface area contributed by atoms with Gasteiger partial charge in [-0.25, -0.2) is 9.59 Å². The van der Waals surface area contributed by atoms with Gasteiger partial charge in [0.05, 0.1) is 23.8 Å². The highest BCUT2D eigenvalue weighted by Gasteiger charge is 2.26. The monoisotopic (exact) mass is 317 g/mol. The number of halogens is 1. The lowest BCUT2D eigenvalue weighted by Crippen LogP contribution is -2.29. The van der Waals surface area contributed by atoms with Crippen LogP contribution in [0.25, 0.3) is 0 Å². The van der Waals surface area contributed by atoms with Crippen molar-refractivity contribution >= 4 is 28.0 Å². The van der Waals surface area contributed by atoms with Gasteiger partial charge in [-0.15, -0.1) is 0 Å². The van der Waals surface area contributed by atoms with Crippen LogP contribution in [0.2, 0.25) is 0 Å². The molecule has 1 aliphatic rings. The number of methoxy groups -OCH3 is 1. The molecule has 1 aromatic rings. The van der Waals surface area contributed by atoms with E-state index >= 15 is 0 Å². The van der Waals surface area contributed by atoms with Crippen LogP contribution in [-0.4, -0.2) is 45.5 Å². The predicted molar refractivity (Wildman–Crippen MR) is 64.3 cm³/mol. The quantitative estimate of drug-likeness (QED) is 0.789. The smallest absolute Gasteiger partial charge is 0.407 e. The maximum atomic E-state index is 11.5. The van der Waals surface area contributed by atoms with Crippen molar-refractivity contribution in [3.63, 3.8) is 0 Å². The number of hydrogen-bond donors (Lipinski definition) is 1. The maximum absolute atomic E-state index is 11.5. The number of fused-ring (bicyclic) bond motifs is 1. The Hall–Kier alpha value is -1.57. The second kappa shape index (κ2) is 4.97. The van der Waals surface area contributed by atoms with Crippen LogP contribution in [0.3, 0.4) is 0 Å². The molecule has 0 atom stereocenters. The van der Waals surface area contributed by atoms with Gasteiger partial charge in [-0.1, -0.05) is 0 Å². The molecule has 0 fully saturated rings. The van der Waals surface area contributed by atoms with E-state index in [1.54, 1.807) is 4.68 Å². The molecule has 7 nitrogen and oxygen atoms in total. The second-order valence-corrected chi connectivity index (χ2v) is 4.67. The minimum absolute atomic E-state index is 0.180. The third-order valence-electron chi connectivity index (χ3n) is 2.78. The van der Waals surface area contributed by atoms with Gasteiger partial charge in [0.15, 0.2) is 5.69 Å². The molecule has 0 radical (unpaired) electrons. The fourth-order valence-corrected chi connectivity index (χ4v) is 2.44. The number of aromatic nitrogens is 2. The molecule has 2 rings (SSSR count). The van der Waals surface area contributed by atoms with Crippen molar-refractivity contribution in [2.45, 2.75) is 19.5 Å². The van der Waals surface area contributed by atoms with E-state index in [9.17, 15) is 9.59 Å². The summed E-state index contributed by atoms with van der Waals surface area (Å²) in [4.78, 5) is 23.8. The first-order valence-electron chi connectivity index (χ1n) is 5.36. The Balaban J connectivity index is 2.38. The highest BCUT2D eigenvalue weighted by atomic mass is 79.9. The van der Waals surface area contributed by atoms with E-state index in [4.69, 9.17) is 5.11 Å². The van der Waals surface area contributed by atoms with Gasteiger partial charge in [0, 0.05) is 13.1 Å². The molecular formula is C10H12BrN3O4. The van der Waals surface area contributed by atoms with Gasteiger partial charge in [0.2, 0.25) is 0 Å². The van der Waals surface area contributed by atoms with Crippen molar-refractivity contribution in [2.75, 3.05) is 13.7 Å². The van der Waals surface area contributed by atoms with Crippen LogP contribution in [-0.2, 0) is 17.8 Å². The molecule has 8 heteroatoms. The number of carboxylic acid groups (broad SMARTS) is 1. The molecule has 0 saturated heterocycles. The van der Waals surface area contributed by atoms with Crippen LogP contribution in [0.1, 0.15) is 22.6 Å². The van der Waals surface area contributed by atoms with E-state index in [1.165, 1.54) is 12.0 Å². The molecule has 0 saturated carbocycles. The molecule has 0 spiro atoms. The van der Waals surface area contributed by atoms with Crippen molar-refractivity contribution in [2.24, 2.45) is 0 Å². The zero-order valence-electron chi connectivity index (χ0n) is 9.72. The molecule has 1 N–H and O–H groups in total. The first kappa shape index (κ1) is 12.9. The fraction of sp³-hybridized carbons (Fsp3) is 0.500. The average Bonchev–Trinajstić information content (AvgIpc) is 2.54. The first-order valence-corrected chi connectivity index (χ1v) is 6.15. The van der Waals surface area contributed by atoms with Crippen LogP contribution < -0.4 is 0 Å². The zero-order valence-corrected chi connectivity index (χ0v) is 11.3. The third kappa shape index (κ3) is 2.20. The van der Waals surface area contributed by atoms with E-state index in [1.807, 2.05) is 0 Å². The van der Waals surface area contributed by atoms with Gasteiger partial charge in [-0.2, -0.15) is 5.10 Å². The van der Waals surface area contributed by atoms with Crippen molar-refractivity contribution in [3.05, 3.63) is 15.9 Å². The Bertz CT molecular complexity index is 500. The molecule has 1 aromatic heterocycles. The summed E-state index contributed by atoms with van der Waals surface area (Å²) in [5.74, 6) is -0.538. The summed E-state index contributed by atoms with van der Waals surface area (Å²) >= 11 is 3.29. The van der Waals surface area contributed by atoms with Gasteiger partial charge in [-0.3, -0.25) is 4.68 Å². The summed E-state index contributed by atoms with van der Waals surface area (Å²) in [5, 5.41) is 13.2. The van der Waals surface area contributed by atoms with Crippen molar-refractivity contribution in [1.29, 1.82) is 0 Å². The number of rotatable bonds is 1. The molecule has 0 unspecified atom stereocenters. The molecule has 0 bridgehead atoms. The van der Waals surface area contributed by atoms with E-state index in [-0.39, 0.29) is 12.2 Å². The highest BCUT2D eigenvalue weighted by Crippen LogP contribution is 2.25. The lowest BCUT2D eigenvalue weighted by molar-refractivity contribution is 0.0592. The summed E-state index contributed by atoms with van der Waals surface area (Å²) in [6.45, 7) is 1.24. The number of hydrogen-bond acceptors (Lipinski definition) is 4. The first-order chi connectivity index (χ1) is 8.54. The normalized spacial score (nSPS) is 14.9. The predicted octanol–water partition coefficient (Wildman–Crippen LogP) is 1.32. The second-order valence-electron chi connectivity index (χ2n) is 3.88. The van der Waals surface area contributed by atoms with Crippen LogP contribution in [0.5, 0.6) is 0 Å². The minimum Gasteiger partial charge on any atom is -0.465 e. The Labute approximate surface area is 111 Å². The molecule has 1 aliphatic heterocycles. The van der Waals surface area contributed by atoms with E-state index in [2.05, 4.69) is 25.8 Å². The molecule has 0 aromatic carbocycles. The summed E-state index contributed by atoms with van der Waals surface area (Å²) < 4.78 is 6.78. The number of carbonyl (C=O) groups excluding carboxylic acids is 1. The van der Waals surface area contributed by atoms with Gasteiger partial charge in [-0.05, 0) is 22.4 Å². The highest BCUT2D eigenvalue weighted by molar-refractivity contribution is 9.10. The molecule has 98 valence electrons. The molecule has 2 heterocycles. The van der Waals surface area contributed by atoms with Crippen LogP contribution in [0.15, 0.2) is 4.47 Å². The van der Waals surface area contributed by atoms with E-state index in [0.717, 1.165) is 0 Å². The number of esters is 1. The van der Waals surface area contributed by atoms with Crippen LogP contribution in [0, 0.1) is 0 Å². The van der Waals surface area contributed by atoms with Crippen molar-refractivity contribution < 1.29 is 19.4 Å². The Morgan fingerprint density at radius 3 is 2.78 bits per heavy atom. The summed E-state index contributed by atoms with van der Waals surface area (Å²) in [6, 6.07) is 0. The molecule has 1 amide bonds. The van der Waals surface area contributed by atoms with Gasteiger partial charge >= 0.3 is 12.1 Å². The minimum atomic E-state index is -0.976. The summed E-state index contributed by atoms with van der Waals surface area (Å²) in [7, 11) is 1.28. The van der Waals surface area contributed by atoms with Gasteiger partial charge in [0.1, 0.15) is 0 Å². The maximum Gasteiger partial charge on any atom is 0.407 e. The SMILES string of the molecule is COC(=O)c1nn2c(c1Br)CN(C(=O)O)CCC2. The number of ether oxygens (including phenoxy) is 1. The number of aryl methyl sites for hydroxylation is 1. The molecule has 0 aliphatic carbocycles. The van der Waals surface area contributed by atoms with E-state index in [0.29, 0.717) is 29.7 Å². The number of carbonyl (C=O) groups is 2. The van der Waals surface area contributed by atoms with Gasteiger partial charge < -0.3 is 14.7 Å². The summed E-state index contributed by atoms with van der Waals surface area (Å²) in [6.07, 6.45) is -0.315. The van der Waals surface area contributed by atoms with Crippen LogP contribution >= 0.6 is 15.9 Å². The number of nitrogens with zero attached hydrogens (tertiary/aromatic N) is 3. The van der Waals surface area contributed by atoms with Crippen LogP contribution in [0.4, 0.5) is 4.79 Å². The lowest BCUT2D eigenvalue weighted by atomic mass is 10.3. The average molecular weight is 318 g/mol. The Morgan fingerprint density at radius 1 is 1.44 bits per heavy atom. The third-order valence-corrected chi connectivity index (χ3v) is 3.61. The molecular weight excluding hydrogens is 306 g/mol. The van der Waals surface area contributed by atoms with Gasteiger partial charge in [0.25, 0.3) is 0 Å². The van der Waals surface area contributed by atoms with Crippen molar-refractivity contribution in [3.8, 4) is 0 Å². The van der Waals surface area contributed by atoms with Crippen molar-refractivity contribution in [1.82, 2.24) is 14.7 Å².